The van der Waals surface area contributed by atoms with Gasteiger partial charge in [0.15, 0.2) is 0 Å². The highest BCUT2D eigenvalue weighted by Crippen LogP contribution is 2.30. The molecule has 0 bridgehead atoms. The van der Waals surface area contributed by atoms with E-state index in [-0.39, 0.29) is 10.6 Å². The lowest BCUT2D eigenvalue weighted by atomic mass is 10.2. The third kappa shape index (κ3) is 4.35. The zero-order chi connectivity index (χ0) is 18.7. The number of hydrogen-bond acceptors (Lipinski definition) is 5. The number of nitrogens with zero attached hydrogens (tertiary/aromatic N) is 1. The lowest BCUT2D eigenvalue weighted by molar-refractivity contribution is -0.411. The van der Waals surface area contributed by atoms with Crippen molar-refractivity contribution in [1.82, 2.24) is 0 Å². The summed E-state index contributed by atoms with van der Waals surface area (Å²) in [4.78, 5) is 9.68. The predicted molar refractivity (Wildman–Crippen MR) is 83.8 cm³/mol. The second kappa shape index (κ2) is 6.93. The van der Waals surface area contributed by atoms with Crippen molar-refractivity contribution in [2.24, 2.45) is 0 Å². The van der Waals surface area contributed by atoms with Crippen LogP contribution in [0.3, 0.4) is 0 Å². The molecule has 2 aromatic rings. The summed E-state index contributed by atoms with van der Waals surface area (Å²) in [7, 11) is -4.43. The summed E-state index contributed by atoms with van der Waals surface area (Å²) >= 11 is 0. The zero-order valence-electron chi connectivity index (χ0n) is 12.4. The lowest BCUT2D eigenvalue weighted by Gasteiger charge is -2.08. The van der Waals surface area contributed by atoms with Crippen LogP contribution in [-0.4, -0.2) is 13.3 Å². The number of hydrogen-bond donors (Lipinski definition) is 1. The third-order valence-electron chi connectivity index (χ3n) is 3.06. The van der Waals surface area contributed by atoms with Crippen molar-refractivity contribution < 1.29 is 26.5 Å². The molecule has 0 fully saturated rings. The largest absolute Gasteiger partial charge is 0.416 e. The van der Waals surface area contributed by atoms with Crippen LogP contribution in [0.4, 0.5) is 18.9 Å². The Morgan fingerprint density at radius 2 is 1.72 bits per heavy atom. The molecule has 0 heterocycles. The summed E-state index contributed by atoms with van der Waals surface area (Å²) < 4.78 is 62.6. The summed E-state index contributed by atoms with van der Waals surface area (Å²) in [5, 5.41) is 12.2. The van der Waals surface area contributed by atoms with Crippen LogP contribution in [0.2, 0.25) is 0 Å². The van der Waals surface area contributed by atoms with Crippen LogP contribution in [0, 0.1) is 10.1 Å². The first-order valence-electron chi connectivity index (χ1n) is 6.71. The summed E-state index contributed by atoms with van der Waals surface area (Å²) in [6.07, 6.45) is -4.04. The molecule has 132 valence electrons. The molecule has 0 spiro atoms. The number of rotatable bonds is 5. The molecule has 0 aliphatic rings. The summed E-state index contributed by atoms with van der Waals surface area (Å²) in [5.41, 5.74) is -1.11. The van der Waals surface area contributed by atoms with Crippen LogP contribution in [0.25, 0.3) is 0 Å². The van der Waals surface area contributed by atoms with Gasteiger partial charge in [-0.05, 0) is 30.3 Å². The van der Waals surface area contributed by atoms with Crippen molar-refractivity contribution in [3.8, 4) is 0 Å². The summed E-state index contributed by atoms with van der Waals surface area (Å²) in [6, 6.07) is 10.5. The number of halogens is 3. The van der Waals surface area contributed by atoms with Gasteiger partial charge in [0.1, 0.15) is 0 Å². The smallest absolute Gasteiger partial charge is 0.355 e. The van der Waals surface area contributed by atoms with Gasteiger partial charge >= 0.3 is 11.2 Å². The summed E-state index contributed by atoms with van der Waals surface area (Å²) in [6.45, 7) is 0. The number of anilines is 1. The van der Waals surface area contributed by atoms with Gasteiger partial charge in [0.25, 0.3) is 9.84 Å². The normalized spacial score (nSPS) is 12.7. The molecule has 0 aliphatic heterocycles. The second-order valence-electron chi connectivity index (χ2n) is 4.78. The van der Waals surface area contributed by atoms with Crippen LogP contribution < -0.4 is 5.32 Å². The Bertz CT molecular complexity index is 910. The highest BCUT2D eigenvalue weighted by atomic mass is 32.2. The topological polar surface area (TPSA) is 89.3 Å². The molecule has 0 atom stereocenters. The third-order valence-corrected chi connectivity index (χ3v) is 4.77. The molecule has 2 rings (SSSR count). The Labute approximate surface area is 140 Å². The first kappa shape index (κ1) is 18.5. The van der Waals surface area contributed by atoms with Crippen molar-refractivity contribution in [1.29, 1.82) is 0 Å². The Morgan fingerprint density at radius 1 is 1.08 bits per heavy atom. The molecule has 2 aromatic carbocycles. The maximum Gasteiger partial charge on any atom is 0.416 e. The number of alkyl halides is 3. The fourth-order valence-electron chi connectivity index (χ4n) is 1.88. The highest BCUT2D eigenvalue weighted by molar-refractivity contribution is 7.95. The van der Waals surface area contributed by atoms with Crippen molar-refractivity contribution in [3.63, 3.8) is 0 Å². The number of sulfone groups is 1. The predicted octanol–water partition coefficient (Wildman–Crippen LogP) is 3.67. The van der Waals surface area contributed by atoms with E-state index in [9.17, 15) is 31.7 Å². The van der Waals surface area contributed by atoms with E-state index in [1.807, 2.05) is 0 Å². The van der Waals surface area contributed by atoms with E-state index < -0.39 is 31.5 Å². The number of nitro groups is 1. The van der Waals surface area contributed by atoms with Gasteiger partial charge < -0.3 is 5.32 Å². The Balaban J connectivity index is 2.38. The molecular formula is C15H11F3N2O4S. The van der Waals surface area contributed by atoms with E-state index >= 15 is 0 Å². The lowest BCUT2D eigenvalue weighted by Crippen LogP contribution is -2.14. The van der Waals surface area contributed by atoms with Gasteiger partial charge in [-0.25, -0.2) is 8.42 Å². The van der Waals surface area contributed by atoms with Crippen LogP contribution in [0.15, 0.2) is 70.7 Å². The monoisotopic (exact) mass is 372 g/mol. The van der Waals surface area contributed by atoms with Crippen molar-refractivity contribution in [2.45, 2.75) is 11.1 Å². The van der Waals surface area contributed by atoms with E-state index in [2.05, 4.69) is 5.32 Å². The average Bonchev–Trinajstić information content (AvgIpc) is 2.55. The Morgan fingerprint density at radius 3 is 2.28 bits per heavy atom. The van der Waals surface area contributed by atoms with Crippen LogP contribution in [0.5, 0.6) is 0 Å². The first-order chi connectivity index (χ1) is 11.6. The van der Waals surface area contributed by atoms with E-state index in [0.29, 0.717) is 12.3 Å². The zero-order valence-corrected chi connectivity index (χ0v) is 13.2. The maximum atomic E-state index is 12.7. The minimum absolute atomic E-state index is 0.141. The maximum absolute atomic E-state index is 12.7. The molecule has 0 saturated carbocycles. The fourth-order valence-corrected chi connectivity index (χ4v) is 3.05. The number of nitrogens with one attached hydrogen (secondary N) is 1. The van der Waals surface area contributed by atoms with Crippen LogP contribution >= 0.6 is 0 Å². The Hall–Kier alpha value is -2.88. The molecule has 0 aliphatic carbocycles. The summed E-state index contributed by atoms with van der Waals surface area (Å²) in [5.74, 6) is 0. The molecule has 6 nitrogen and oxygen atoms in total. The van der Waals surface area contributed by atoms with Crippen molar-refractivity contribution in [2.75, 3.05) is 5.32 Å². The van der Waals surface area contributed by atoms with Gasteiger partial charge in [-0.3, -0.25) is 10.1 Å². The van der Waals surface area contributed by atoms with Gasteiger partial charge in [-0.15, -0.1) is 0 Å². The molecule has 0 saturated heterocycles. The minimum Gasteiger partial charge on any atom is -0.355 e. The quantitative estimate of drug-likeness (QED) is 0.639. The standard InChI is InChI=1S/C15H11F3N2O4S/c16-15(17,18)11-5-4-6-12(9-11)19-10-14(20(21)22)25(23,24)13-7-2-1-3-8-13/h1-10,19H. The molecule has 10 heteroatoms. The van der Waals surface area contributed by atoms with Crippen LogP contribution in [0.1, 0.15) is 5.56 Å². The van der Waals surface area contributed by atoms with E-state index in [4.69, 9.17) is 0 Å². The average molecular weight is 372 g/mol. The van der Waals surface area contributed by atoms with Crippen molar-refractivity contribution in [3.05, 3.63) is 81.5 Å². The fraction of sp³-hybridized carbons (Fsp3) is 0.0667. The van der Waals surface area contributed by atoms with Gasteiger partial charge in [-0.2, -0.15) is 13.2 Å². The van der Waals surface area contributed by atoms with Crippen LogP contribution in [-0.2, 0) is 16.0 Å². The van der Waals surface area contributed by atoms with E-state index in [0.717, 1.165) is 12.1 Å². The van der Waals surface area contributed by atoms with Gasteiger partial charge in [-0.1, -0.05) is 24.3 Å². The Kier molecular flexibility index (Phi) is 5.12. The first-order valence-corrected chi connectivity index (χ1v) is 8.19. The molecular weight excluding hydrogens is 361 g/mol. The highest BCUT2D eigenvalue weighted by Gasteiger charge is 2.32. The molecule has 25 heavy (non-hydrogen) atoms. The molecule has 0 amide bonds. The van der Waals surface area contributed by atoms with E-state index in [1.165, 1.54) is 36.4 Å². The molecule has 1 N–H and O–H groups in total. The minimum atomic E-state index is -4.59. The van der Waals surface area contributed by atoms with Gasteiger partial charge in [0, 0.05) is 5.69 Å². The molecule has 0 radical (unpaired) electrons. The van der Waals surface area contributed by atoms with Crippen molar-refractivity contribution >= 4 is 15.5 Å². The SMILES string of the molecule is O=[N+]([O-])C(=CNc1cccc(C(F)(F)F)c1)S(=O)(=O)c1ccccc1. The van der Waals surface area contributed by atoms with Gasteiger partial charge in [0.2, 0.25) is 0 Å². The second-order valence-corrected chi connectivity index (χ2v) is 6.68. The van der Waals surface area contributed by atoms with Gasteiger partial charge in [0.05, 0.1) is 21.6 Å². The molecule has 0 unspecified atom stereocenters. The van der Waals surface area contributed by atoms with E-state index in [1.54, 1.807) is 0 Å². The molecule has 0 aromatic heterocycles. The number of benzene rings is 2.